The lowest BCUT2D eigenvalue weighted by Crippen LogP contribution is -2.30. The normalized spacial score (nSPS) is 13.0. The fourth-order valence-corrected chi connectivity index (χ4v) is 6.04. The molecular formula is C30H31N3O7S. The predicted octanol–water partition coefficient (Wildman–Crippen LogP) is 4.24. The van der Waals surface area contributed by atoms with E-state index in [1.54, 1.807) is 39.8 Å². The number of nitrogens with zero attached hydrogens (tertiary/aromatic N) is 2. The largest absolute Gasteiger partial charge is 0.452 e. The van der Waals surface area contributed by atoms with Gasteiger partial charge in [0.25, 0.3) is 17.7 Å². The molecule has 1 aliphatic heterocycles. The highest BCUT2D eigenvalue weighted by atomic mass is 32.2. The molecule has 0 fully saturated rings. The Balaban J connectivity index is 1.46. The topological polar surface area (TPSA) is 130 Å². The summed E-state index contributed by atoms with van der Waals surface area (Å²) in [5.74, 6) is -2.57. The molecule has 214 valence electrons. The monoisotopic (exact) mass is 577 g/mol. The summed E-state index contributed by atoms with van der Waals surface area (Å²) >= 11 is 0. The zero-order chi connectivity index (χ0) is 30.1. The number of anilines is 2. The van der Waals surface area contributed by atoms with Crippen molar-refractivity contribution in [2.75, 3.05) is 29.9 Å². The highest BCUT2D eigenvalue weighted by molar-refractivity contribution is 7.89. The minimum Gasteiger partial charge on any atom is -0.452 e. The average molecular weight is 578 g/mol. The number of esters is 1. The number of aryl methyl sites for hydroxylation is 3. The Labute approximate surface area is 239 Å². The number of nitrogens with one attached hydrogen (secondary N) is 1. The van der Waals surface area contributed by atoms with E-state index in [1.807, 2.05) is 19.1 Å². The van der Waals surface area contributed by atoms with Gasteiger partial charge in [0.05, 0.1) is 27.3 Å². The van der Waals surface area contributed by atoms with Crippen LogP contribution in [0.3, 0.4) is 0 Å². The predicted molar refractivity (Wildman–Crippen MR) is 154 cm³/mol. The van der Waals surface area contributed by atoms with Crippen molar-refractivity contribution in [3.63, 3.8) is 0 Å². The van der Waals surface area contributed by atoms with Gasteiger partial charge < -0.3 is 10.1 Å². The van der Waals surface area contributed by atoms with Crippen LogP contribution in [-0.2, 0) is 19.6 Å². The van der Waals surface area contributed by atoms with Crippen molar-refractivity contribution in [3.05, 3.63) is 88.0 Å². The molecule has 4 rings (SSSR count). The van der Waals surface area contributed by atoms with Gasteiger partial charge in [0.2, 0.25) is 10.0 Å². The van der Waals surface area contributed by atoms with E-state index < -0.39 is 40.3 Å². The fourth-order valence-electron chi connectivity index (χ4n) is 4.56. The number of ether oxygens (including phenoxy) is 1. The van der Waals surface area contributed by atoms with Gasteiger partial charge in [-0.1, -0.05) is 32.0 Å². The maximum absolute atomic E-state index is 13.2. The van der Waals surface area contributed by atoms with Crippen molar-refractivity contribution in [2.24, 2.45) is 0 Å². The Kier molecular flexibility index (Phi) is 8.41. The van der Waals surface area contributed by atoms with Crippen LogP contribution in [0.1, 0.15) is 61.6 Å². The summed E-state index contributed by atoms with van der Waals surface area (Å²) < 4.78 is 32.2. The number of hydrogen-bond acceptors (Lipinski definition) is 7. The van der Waals surface area contributed by atoms with Gasteiger partial charge in [0.1, 0.15) is 0 Å². The van der Waals surface area contributed by atoms with Gasteiger partial charge in [-0.25, -0.2) is 18.1 Å². The van der Waals surface area contributed by atoms with Crippen LogP contribution >= 0.6 is 0 Å². The maximum Gasteiger partial charge on any atom is 0.338 e. The summed E-state index contributed by atoms with van der Waals surface area (Å²) in [6.45, 7) is 8.80. The molecule has 1 heterocycles. The van der Waals surface area contributed by atoms with Gasteiger partial charge >= 0.3 is 5.97 Å². The quantitative estimate of drug-likeness (QED) is 0.297. The molecule has 3 aromatic carbocycles. The first-order valence-corrected chi connectivity index (χ1v) is 14.5. The smallest absolute Gasteiger partial charge is 0.338 e. The summed E-state index contributed by atoms with van der Waals surface area (Å²) in [7, 11) is -3.74. The number of hydrogen-bond donors (Lipinski definition) is 1. The van der Waals surface area contributed by atoms with Crippen LogP contribution in [0.2, 0.25) is 0 Å². The van der Waals surface area contributed by atoms with E-state index in [-0.39, 0.29) is 27.3 Å². The number of benzene rings is 3. The Morgan fingerprint density at radius 2 is 1.51 bits per heavy atom. The second-order valence-electron chi connectivity index (χ2n) is 9.69. The SMILES string of the molecule is CCN(CC)S(=O)(=O)c1ccc(C)c(NC(=O)COC(=O)c2ccc3c(c2)C(=O)N(c2cc(C)ccc2C)C3=O)c1. The molecule has 0 atom stereocenters. The fraction of sp³-hybridized carbons (Fsp3) is 0.267. The van der Waals surface area contributed by atoms with Crippen molar-refractivity contribution in [1.82, 2.24) is 4.31 Å². The maximum atomic E-state index is 13.2. The van der Waals surface area contributed by atoms with Gasteiger partial charge in [-0.3, -0.25) is 14.4 Å². The number of carbonyl (C=O) groups excluding carboxylic acids is 4. The van der Waals surface area contributed by atoms with E-state index in [2.05, 4.69) is 5.32 Å². The first-order chi connectivity index (χ1) is 19.4. The number of carbonyl (C=O) groups is 4. The number of sulfonamides is 1. The second-order valence-corrected chi connectivity index (χ2v) is 11.6. The van der Waals surface area contributed by atoms with E-state index in [0.717, 1.165) is 16.0 Å². The standard InChI is InChI=1S/C30H31N3O7S/c1-6-32(7-2)41(38,39)22-12-10-19(4)25(16-22)31-27(34)17-40-30(37)21-11-13-23-24(15-21)29(36)33(28(23)35)26-14-18(3)8-9-20(26)5/h8-16H,6-7,17H2,1-5H3,(H,31,34). The molecule has 0 unspecified atom stereocenters. The molecule has 0 aromatic heterocycles. The summed E-state index contributed by atoms with van der Waals surface area (Å²) in [4.78, 5) is 52.6. The third kappa shape index (κ3) is 5.77. The lowest BCUT2D eigenvalue weighted by molar-refractivity contribution is -0.119. The van der Waals surface area contributed by atoms with Crippen LogP contribution < -0.4 is 10.2 Å². The first kappa shape index (κ1) is 29.6. The third-order valence-electron chi connectivity index (χ3n) is 6.89. The molecule has 11 heteroatoms. The van der Waals surface area contributed by atoms with Crippen LogP contribution in [0.5, 0.6) is 0 Å². The van der Waals surface area contributed by atoms with Crippen LogP contribution in [0.15, 0.2) is 59.5 Å². The first-order valence-electron chi connectivity index (χ1n) is 13.1. The summed E-state index contributed by atoms with van der Waals surface area (Å²) in [5, 5.41) is 2.59. The summed E-state index contributed by atoms with van der Waals surface area (Å²) in [6, 6.07) is 13.9. The lowest BCUT2D eigenvalue weighted by atomic mass is 10.1. The summed E-state index contributed by atoms with van der Waals surface area (Å²) in [5.41, 5.74) is 3.24. The van der Waals surface area contributed by atoms with E-state index in [9.17, 15) is 27.6 Å². The van der Waals surface area contributed by atoms with Crippen molar-refractivity contribution >= 4 is 45.1 Å². The molecule has 0 radical (unpaired) electrons. The van der Waals surface area contributed by atoms with Crippen LogP contribution in [-0.4, -0.2) is 56.1 Å². The van der Waals surface area contributed by atoms with Gasteiger partial charge in [0.15, 0.2) is 6.61 Å². The van der Waals surface area contributed by atoms with E-state index in [0.29, 0.717) is 24.3 Å². The molecule has 0 aliphatic carbocycles. The minimum atomic E-state index is -3.74. The highest BCUT2D eigenvalue weighted by Gasteiger charge is 2.38. The number of rotatable bonds is 9. The zero-order valence-electron chi connectivity index (χ0n) is 23.5. The van der Waals surface area contributed by atoms with Crippen molar-refractivity contribution in [3.8, 4) is 0 Å². The molecule has 0 saturated heterocycles. The second kappa shape index (κ2) is 11.6. The molecular weight excluding hydrogens is 546 g/mol. The van der Waals surface area contributed by atoms with Crippen molar-refractivity contribution in [2.45, 2.75) is 39.5 Å². The van der Waals surface area contributed by atoms with Crippen molar-refractivity contribution in [1.29, 1.82) is 0 Å². The molecule has 0 spiro atoms. The molecule has 0 saturated carbocycles. The van der Waals surface area contributed by atoms with Crippen LogP contribution in [0.4, 0.5) is 11.4 Å². The van der Waals surface area contributed by atoms with Crippen LogP contribution in [0.25, 0.3) is 0 Å². The van der Waals surface area contributed by atoms with Gasteiger partial charge in [-0.05, 0) is 73.9 Å². The third-order valence-corrected chi connectivity index (χ3v) is 8.93. The number of imide groups is 1. The molecule has 41 heavy (non-hydrogen) atoms. The van der Waals surface area contributed by atoms with E-state index in [1.165, 1.54) is 34.6 Å². The van der Waals surface area contributed by atoms with Crippen molar-refractivity contribution < 1.29 is 32.3 Å². The average Bonchev–Trinajstić information content (AvgIpc) is 3.19. The molecule has 3 aromatic rings. The van der Waals surface area contributed by atoms with Crippen LogP contribution in [0, 0.1) is 20.8 Å². The Morgan fingerprint density at radius 1 is 0.854 bits per heavy atom. The molecule has 1 N–H and O–H groups in total. The van der Waals surface area contributed by atoms with Gasteiger partial charge in [-0.15, -0.1) is 0 Å². The molecule has 10 nitrogen and oxygen atoms in total. The highest BCUT2D eigenvalue weighted by Crippen LogP contribution is 2.32. The Morgan fingerprint density at radius 3 is 2.20 bits per heavy atom. The van der Waals surface area contributed by atoms with E-state index >= 15 is 0 Å². The summed E-state index contributed by atoms with van der Waals surface area (Å²) in [6.07, 6.45) is 0. The lowest BCUT2D eigenvalue weighted by Gasteiger charge is -2.19. The Bertz CT molecular complexity index is 1680. The van der Waals surface area contributed by atoms with E-state index in [4.69, 9.17) is 4.74 Å². The number of amides is 3. The molecule has 0 bridgehead atoms. The Hall–Kier alpha value is -4.35. The van der Waals surface area contributed by atoms with Gasteiger partial charge in [0, 0.05) is 18.8 Å². The van der Waals surface area contributed by atoms with Gasteiger partial charge in [-0.2, -0.15) is 4.31 Å². The number of fused-ring (bicyclic) bond motifs is 1. The molecule has 1 aliphatic rings. The molecule has 3 amide bonds. The minimum absolute atomic E-state index is 0.00371. The zero-order valence-corrected chi connectivity index (χ0v) is 24.3.